The first-order valence-electron chi connectivity index (χ1n) is 7.34. The molecule has 0 bridgehead atoms. The summed E-state index contributed by atoms with van der Waals surface area (Å²) in [4.78, 5) is 25.3. The Morgan fingerprint density at radius 3 is 2.75 bits per heavy atom. The van der Waals surface area contributed by atoms with Gasteiger partial charge in [-0.25, -0.2) is 4.79 Å². The number of carboxylic acids is 1. The number of ether oxygens (including phenoxy) is 1. The van der Waals surface area contributed by atoms with Crippen molar-refractivity contribution >= 4 is 46.3 Å². The number of thiocarbonyl (C=S) groups is 1. The number of phenolic OH excluding ortho intramolecular Hbond substituents is 1. The molecule has 1 fully saturated rings. The number of rotatable bonds is 6. The van der Waals surface area contributed by atoms with Crippen molar-refractivity contribution in [2.45, 2.75) is 26.3 Å². The standard InChI is InChI=1S/C16H17NO5S2/c1-3-10(15(20)21)17-14(19)13(24-16(17)23)8-9-5-6-11(18)12(7-9)22-4-2/h5-8,10,18H,3-4H2,1-2H3,(H,20,21)/t10-/m1/s1. The molecule has 1 aromatic carbocycles. The van der Waals surface area contributed by atoms with E-state index in [2.05, 4.69) is 0 Å². The van der Waals surface area contributed by atoms with E-state index in [9.17, 15) is 19.8 Å². The predicted molar refractivity (Wildman–Crippen MR) is 96.0 cm³/mol. The highest BCUT2D eigenvalue weighted by atomic mass is 32.2. The Hall–Kier alpha value is -2.06. The Kier molecular flexibility index (Phi) is 5.84. The molecule has 0 radical (unpaired) electrons. The number of benzene rings is 1. The van der Waals surface area contributed by atoms with Gasteiger partial charge in [0.25, 0.3) is 5.91 Å². The zero-order valence-corrected chi connectivity index (χ0v) is 14.8. The summed E-state index contributed by atoms with van der Waals surface area (Å²) < 4.78 is 5.54. The Balaban J connectivity index is 2.32. The second kappa shape index (κ2) is 7.67. The molecule has 0 spiro atoms. The van der Waals surface area contributed by atoms with Gasteiger partial charge < -0.3 is 14.9 Å². The molecule has 1 aliphatic heterocycles. The third kappa shape index (κ3) is 3.70. The second-order valence-corrected chi connectivity index (χ2v) is 6.65. The van der Waals surface area contributed by atoms with Crippen LogP contribution in [0.4, 0.5) is 0 Å². The van der Waals surface area contributed by atoms with E-state index in [1.165, 1.54) is 6.07 Å². The van der Waals surface area contributed by atoms with E-state index in [0.717, 1.165) is 16.7 Å². The summed E-state index contributed by atoms with van der Waals surface area (Å²) >= 11 is 6.22. The molecular formula is C16H17NO5S2. The number of thioether (sulfide) groups is 1. The number of carbonyl (C=O) groups is 2. The maximum atomic E-state index is 12.5. The van der Waals surface area contributed by atoms with Crippen LogP contribution in [-0.2, 0) is 9.59 Å². The second-order valence-electron chi connectivity index (χ2n) is 4.97. The van der Waals surface area contributed by atoms with Crippen LogP contribution in [0.2, 0.25) is 0 Å². The van der Waals surface area contributed by atoms with Gasteiger partial charge in [-0.3, -0.25) is 9.69 Å². The fourth-order valence-corrected chi connectivity index (χ4v) is 3.62. The van der Waals surface area contributed by atoms with Crippen LogP contribution >= 0.6 is 24.0 Å². The summed E-state index contributed by atoms with van der Waals surface area (Å²) in [5.41, 5.74) is 0.653. The van der Waals surface area contributed by atoms with Crippen molar-refractivity contribution in [1.29, 1.82) is 0 Å². The van der Waals surface area contributed by atoms with E-state index in [1.54, 1.807) is 32.1 Å². The van der Waals surface area contributed by atoms with Crippen molar-refractivity contribution in [3.63, 3.8) is 0 Å². The number of phenols is 1. The van der Waals surface area contributed by atoms with Crippen LogP contribution in [-0.4, -0.2) is 44.0 Å². The maximum absolute atomic E-state index is 12.5. The minimum atomic E-state index is -1.08. The van der Waals surface area contributed by atoms with Gasteiger partial charge in [0.05, 0.1) is 11.5 Å². The largest absolute Gasteiger partial charge is 0.504 e. The summed E-state index contributed by atoms with van der Waals surface area (Å²) in [6, 6.07) is 3.75. The monoisotopic (exact) mass is 367 g/mol. The molecule has 0 saturated carbocycles. The Morgan fingerprint density at radius 2 is 2.17 bits per heavy atom. The molecule has 2 rings (SSSR count). The summed E-state index contributed by atoms with van der Waals surface area (Å²) in [6.45, 7) is 3.89. The lowest BCUT2D eigenvalue weighted by atomic mass is 10.1. The summed E-state index contributed by atoms with van der Waals surface area (Å²) in [5, 5.41) is 19.0. The molecule has 2 N–H and O–H groups in total. The van der Waals surface area contributed by atoms with Gasteiger partial charge in [-0.15, -0.1) is 0 Å². The fourth-order valence-electron chi connectivity index (χ4n) is 2.26. The number of hydrogen-bond donors (Lipinski definition) is 2. The molecule has 6 nitrogen and oxygen atoms in total. The molecule has 1 aromatic rings. The first-order valence-corrected chi connectivity index (χ1v) is 8.57. The fraction of sp³-hybridized carbons (Fsp3) is 0.312. The number of amides is 1. The minimum absolute atomic E-state index is 0.0125. The zero-order chi connectivity index (χ0) is 17.9. The summed E-state index contributed by atoms with van der Waals surface area (Å²) in [5.74, 6) is -1.18. The van der Waals surface area contributed by atoms with E-state index in [1.807, 2.05) is 0 Å². The lowest BCUT2D eigenvalue weighted by molar-refractivity contribution is -0.145. The topological polar surface area (TPSA) is 87.1 Å². The van der Waals surface area contributed by atoms with E-state index < -0.39 is 17.9 Å². The Bertz CT molecular complexity index is 716. The summed E-state index contributed by atoms with van der Waals surface area (Å²) in [7, 11) is 0. The van der Waals surface area contributed by atoms with Crippen molar-refractivity contribution in [2.75, 3.05) is 6.61 Å². The van der Waals surface area contributed by atoms with Crippen LogP contribution in [0.3, 0.4) is 0 Å². The molecule has 1 amide bonds. The lowest BCUT2D eigenvalue weighted by Crippen LogP contribution is -2.43. The van der Waals surface area contributed by atoms with Gasteiger partial charge in [-0.2, -0.15) is 0 Å². The van der Waals surface area contributed by atoms with Crippen LogP contribution in [0, 0.1) is 0 Å². The third-order valence-electron chi connectivity index (χ3n) is 3.39. The first kappa shape index (κ1) is 18.3. The Labute approximate surface area is 149 Å². The molecule has 0 aliphatic carbocycles. The molecule has 0 aromatic heterocycles. The highest BCUT2D eigenvalue weighted by Crippen LogP contribution is 2.36. The van der Waals surface area contributed by atoms with Gasteiger partial charge in [0.2, 0.25) is 0 Å². The number of nitrogens with zero attached hydrogens (tertiary/aromatic N) is 1. The maximum Gasteiger partial charge on any atom is 0.326 e. The SMILES string of the molecule is CCOc1cc(C=C2SC(=S)N([C@H](CC)C(=O)O)C2=O)ccc1O. The lowest BCUT2D eigenvalue weighted by Gasteiger charge is -2.21. The molecule has 1 aliphatic rings. The van der Waals surface area contributed by atoms with Crippen molar-refractivity contribution in [3.05, 3.63) is 28.7 Å². The molecule has 8 heteroatoms. The molecule has 1 heterocycles. The number of aromatic hydroxyl groups is 1. The van der Waals surface area contributed by atoms with Crippen molar-refractivity contribution < 1.29 is 24.5 Å². The highest BCUT2D eigenvalue weighted by Gasteiger charge is 2.39. The number of carboxylic acid groups (broad SMARTS) is 1. The van der Waals surface area contributed by atoms with Gasteiger partial charge in [-0.1, -0.05) is 37.0 Å². The van der Waals surface area contributed by atoms with Gasteiger partial charge in [-0.05, 0) is 37.1 Å². The molecule has 128 valence electrons. The highest BCUT2D eigenvalue weighted by molar-refractivity contribution is 8.26. The minimum Gasteiger partial charge on any atom is -0.504 e. The summed E-state index contributed by atoms with van der Waals surface area (Å²) in [6.07, 6.45) is 1.87. The predicted octanol–water partition coefficient (Wildman–Crippen LogP) is 2.86. The molecule has 24 heavy (non-hydrogen) atoms. The van der Waals surface area contributed by atoms with Crippen LogP contribution in [0.15, 0.2) is 23.1 Å². The van der Waals surface area contributed by atoms with Crippen molar-refractivity contribution in [1.82, 2.24) is 4.90 Å². The molecular weight excluding hydrogens is 350 g/mol. The first-order chi connectivity index (χ1) is 11.4. The quantitative estimate of drug-likeness (QED) is 0.590. The third-order valence-corrected chi connectivity index (χ3v) is 4.72. The van der Waals surface area contributed by atoms with Crippen LogP contribution in [0.5, 0.6) is 11.5 Å². The van der Waals surface area contributed by atoms with E-state index in [-0.39, 0.29) is 16.5 Å². The van der Waals surface area contributed by atoms with E-state index >= 15 is 0 Å². The van der Waals surface area contributed by atoms with Gasteiger partial charge >= 0.3 is 5.97 Å². The Morgan fingerprint density at radius 1 is 1.46 bits per heavy atom. The van der Waals surface area contributed by atoms with Gasteiger partial charge in [0, 0.05) is 0 Å². The van der Waals surface area contributed by atoms with Gasteiger partial charge in [0.15, 0.2) is 11.5 Å². The molecule has 1 atom stereocenters. The molecule has 0 unspecified atom stereocenters. The zero-order valence-electron chi connectivity index (χ0n) is 13.2. The normalized spacial score (nSPS) is 17.4. The smallest absolute Gasteiger partial charge is 0.326 e. The van der Waals surface area contributed by atoms with Crippen molar-refractivity contribution in [3.8, 4) is 11.5 Å². The van der Waals surface area contributed by atoms with Crippen molar-refractivity contribution in [2.24, 2.45) is 0 Å². The van der Waals surface area contributed by atoms with Crippen LogP contribution in [0.1, 0.15) is 25.8 Å². The average molecular weight is 367 g/mol. The van der Waals surface area contributed by atoms with Crippen LogP contribution < -0.4 is 4.74 Å². The van der Waals surface area contributed by atoms with Crippen LogP contribution in [0.25, 0.3) is 6.08 Å². The van der Waals surface area contributed by atoms with E-state index in [4.69, 9.17) is 17.0 Å². The average Bonchev–Trinajstić information content (AvgIpc) is 2.79. The van der Waals surface area contributed by atoms with Gasteiger partial charge in [0.1, 0.15) is 10.4 Å². The van der Waals surface area contributed by atoms with E-state index in [0.29, 0.717) is 22.8 Å². The number of hydrogen-bond acceptors (Lipinski definition) is 6. The molecule has 1 saturated heterocycles. The number of carbonyl (C=O) groups excluding carboxylic acids is 1. The number of aliphatic carboxylic acids is 1.